The molecule has 0 fully saturated rings. The highest BCUT2D eigenvalue weighted by molar-refractivity contribution is 14.1. The average Bonchev–Trinajstić information content (AvgIpc) is 2.21. The molecule has 0 saturated heterocycles. The normalized spacial score (nSPS) is 10.4. The molecule has 1 amide bonds. The minimum absolute atomic E-state index is 0.456. The van der Waals surface area contributed by atoms with E-state index in [4.69, 9.17) is 5.11 Å². The Labute approximate surface area is 106 Å². The van der Waals surface area contributed by atoms with Crippen LogP contribution in [0, 0.1) is 10.5 Å². The number of rotatable bonds is 3. The molecule has 84 valence electrons. The quantitative estimate of drug-likeness (QED) is 0.659. The zero-order valence-corrected chi connectivity index (χ0v) is 10.7. The number of anilines is 1. The Kier molecular flexibility index (Phi) is 4.48. The maximum Gasteiger partial charge on any atom is 0.328 e. The lowest BCUT2D eigenvalue weighted by molar-refractivity contribution is -0.131. The lowest BCUT2D eigenvalue weighted by Crippen LogP contribution is -2.08. The van der Waals surface area contributed by atoms with Crippen LogP contribution in [0.2, 0.25) is 0 Å². The van der Waals surface area contributed by atoms with Crippen LogP contribution in [0.15, 0.2) is 30.4 Å². The van der Waals surface area contributed by atoms with Crippen LogP contribution >= 0.6 is 22.6 Å². The molecule has 0 heterocycles. The van der Waals surface area contributed by atoms with Crippen molar-refractivity contribution in [2.75, 3.05) is 5.32 Å². The Morgan fingerprint density at radius 1 is 1.38 bits per heavy atom. The van der Waals surface area contributed by atoms with Crippen LogP contribution in [-0.4, -0.2) is 17.0 Å². The van der Waals surface area contributed by atoms with E-state index >= 15 is 0 Å². The van der Waals surface area contributed by atoms with E-state index in [9.17, 15) is 9.59 Å². The van der Waals surface area contributed by atoms with Crippen LogP contribution in [0.4, 0.5) is 5.69 Å². The molecule has 0 aliphatic rings. The van der Waals surface area contributed by atoms with E-state index in [-0.39, 0.29) is 0 Å². The summed E-state index contributed by atoms with van der Waals surface area (Å²) in [6.07, 6.45) is 1.78. The van der Waals surface area contributed by atoms with Crippen molar-refractivity contribution in [2.24, 2.45) is 0 Å². The maximum absolute atomic E-state index is 11.2. The minimum Gasteiger partial charge on any atom is -0.478 e. The zero-order chi connectivity index (χ0) is 12.1. The van der Waals surface area contributed by atoms with Gasteiger partial charge in [0.1, 0.15) is 0 Å². The van der Waals surface area contributed by atoms with E-state index in [1.165, 1.54) is 0 Å². The molecular weight excluding hydrogens is 321 g/mol. The molecule has 1 rings (SSSR count). The van der Waals surface area contributed by atoms with Crippen LogP contribution in [0.3, 0.4) is 0 Å². The molecule has 0 radical (unpaired) electrons. The first-order valence-electron chi connectivity index (χ1n) is 4.47. The van der Waals surface area contributed by atoms with Crippen molar-refractivity contribution >= 4 is 40.2 Å². The Balaban J connectivity index is 2.70. The summed E-state index contributed by atoms with van der Waals surface area (Å²) in [5.74, 6) is -1.60. The fraction of sp³-hybridized carbons (Fsp3) is 0.0909. The molecule has 1 aromatic rings. The van der Waals surface area contributed by atoms with E-state index in [2.05, 4.69) is 27.9 Å². The second kappa shape index (κ2) is 5.64. The van der Waals surface area contributed by atoms with Gasteiger partial charge in [-0.25, -0.2) is 4.79 Å². The third-order valence-electron chi connectivity index (χ3n) is 1.82. The number of aliphatic carboxylic acids is 1. The van der Waals surface area contributed by atoms with Crippen molar-refractivity contribution < 1.29 is 14.7 Å². The number of carboxylic acids is 1. The monoisotopic (exact) mass is 331 g/mol. The van der Waals surface area contributed by atoms with Crippen LogP contribution in [0.25, 0.3) is 0 Å². The van der Waals surface area contributed by atoms with Gasteiger partial charge >= 0.3 is 5.97 Å². The Morgan fingerprint density at radius 2 is 2.06 bits per heavy atom. The van der Waals surface area contributed by atoms with E-state index < -0.39 is 11.9 Å². The Morgan fingerprint density at radius 3 is 2.62 bits per heavy atom. The van der Waals surface area contributed by atoms with Gasteiger partial charge in [-0.05, 0) is 47.2 Å². The van der Waals surface area contributed by atoms with Crippen LogP contribution in [0.1, 0.15) is 5.56 Å². The molecule has 0 aromatic heterocycles. The lowest BCUT2D eigenvalue weighted by Gasteiger charge is -2.04. The first kappa shape index (κ1) is 12.7. The zero-order valence-electron chi connectivity index (χ0n) is 8.53. The van der Waals surface area contributed by atoms with Crippen molar-refractivity contribution in [1.82, 2.24) is 0 Å². The van der Waals surface area contributed by atoms with Crippen molar-refractivity contribution in [3.8, 4) is 0 Å². The molecule has 0 bridgehead atoms. The first-order valence-corrected chi connectivity index (χ1v) is 5.55. The molecule has 0 aliphatic carbocycles. The second-order valence-electron chi connectivity index (χ2n) is 3.12. The van der Waals surface area contributed by atoms with Crippen LogP contribution in [-0.2, 0) is 9.59 Å². The number of nitrogens with one attached hydrogen (secondary N) is 1. The van der Waals surface area contributed by atoms with Gasteiger partial charge in [-0.3, -0.25) is 4.79 Å². The lowest BCUT2D eigenvalue weighted by atomic mass is 10.2. The van der Waals surface area contributed by atoms with E-state index in [0.717, 1.165) is 21.3 Å². The first-order chi connectivity index (χ1) is 7.49. The van der Waals surface area contributed by atoms with Crippen LogP contribution < -0.4 is 5.32 Å². The topological polar surface area (TPSA) is 66.4 Å². The highest BCUT2D eigenvalue weighted by Crippen LogP contribution is 2.16. The molecule has 0 aliphatic heterocycles. The van der Waals surface area contributed by atoms with Gasteiger partial charge < -0.3 is 10.4 Å². The largest absolute Gasteiger partial charge is 0.478 e. The van der Waals surface area contributed by atoms with E-state index in [1.54, 1.807) is 6.07 Å². The van der Waals surface area contributed by atoms with Crippen molar-refractivity contribution in [2.45, 2.75) is 6.92 Å². The van der Waals surface area contributed by atoms with Gasteiger partial charge in [0.15, 0.2) is 0 Å². The number of carbonyl (C=O) groups excluding carboxylic acids is 1. The van der Waals surface area contributed by atoms with Gasteiger partial charge in [-0.1, -0.05) is 6.07 Å². The fourth-order valence-electron chi connectivity index (χ4n) is 1.00. The molecule has 1 aromatic carbocycles. The predicted molar refractivity (Wildman–Crippen MR) is 69.3 cm³/mol. The summed E-state index contributed by atoms with van der Waals surface area (Å²) in [4.78, 5) is 21.4. The van der Waals surface area contributed by atoms with Gasteiger partial charge in [0.05, 0.1) is 0 Å². The number of amides is 1. The summed E-state index contributed by atoms with van der Waals surface area (Å²) in [6.45, 7) is 1.97. The highest BCUT2D eigenvalue weighted by Gasteiger charge is 2.00. The number of aryl methyl sites for hydroxylation is 1. The Hall–Kier alpha value is -1.37. The second-order valence-corrected chi connectivity index (χ2v) is 4.29. The summed E-state index contributed by atoms with van der Waals surface area (Å²) >= 11 is 2.17. The fourth-order valence-corrected chi connectivity index (χ4v) is 1.52. The number of benzene rings is 1. The van der Waals surface area contributed by atoms with E-state index in [1.807, 2.05) is 19.1 Å². The maximum atomic E-state index is 11.2. The number of hydrogen-bond donors (Lipinski definition) is 2. The average molecular weight is 331 g/mol. The number of carboxylic acid groups (broad SMARTS) is 1. The van der Waals surface area contributed by atoms with Gasteiger partial charge in [-0.2, -0.15) is 0 Å². The molecule has 0 unspecified atom stereocenters. The standard InChI is InChI=1S/C11H10INO3/c1-7-2-3-8(6-9(7)12)13-10(14)4-5-11(15)16/h2-6H,1H3,(H,13,14)(H,15,16). The molecule has 2 N–H and O–H groups in total. The van der Waals surface area contributed by atoms with Gasteiger partial charge in [0.2, 0.25) is 5.91 Å². The van der Waals surface area contributed by atoms with Gasteiger partial charge in [0, 0.05) is 21.4 Å². The SMILES string of the molecule is Cc1ccc(NC(=O)C=CC(=O)O)cc1I. The van der Waals surface area contributed by atoms with Gasteiger partial charge in [0.25, 0.3) is 0 Å². The Bertz CT molecular complexity index is 455. The molecule has 4 nitrogen and oxygen atoms in total. The highest BCUT2D eigenvalue weighted by atomic mass is 127. The molecule has 0 saturated carbocycles. The molecule has 0 spiro atoms. The number of hydrogen-bond acceptors (Lipinski definition) is 2. The molecular formula is C11H10INO3. The van der Waals surface area contributed by atoms with E-state index in [0.29, 0.717) is 5.69 Å². The third-order valence-corrected chi connectivity index (χ3v) is 2.98. The summed E-state index contributed by atoms with van der Waals surface area (Å²) in [5.41, 5.74) is 1.77. The van der Waals surface area contributed by atoms with Crippen molar-refractivity contribution in [3.63, 3.8) is 0 Å². The third kappa shape index (κ3) is 4.01. The summed E-state index contributed by atoms with van der Waals surface area (Å²) in [6, 6.07) is 5.48. The predicted octanol–water partition coefficient (Wildman–Crippen LogP) is 2.18. The number of halogens is 1. The van der Waals surface area contributed by atoms with Crippen LogP contribution in [0.5, 0.6) is 0 Å². The van der Waals surface area contributed by atoms with Crippen molar-refractivity contribution in [3.05, 3.63) is 39.5 Å². The number of carbonyl (C=O) groups is 2. The summed E-state index contributed by atoms with van der Waals surface area (Å²) in [5, 5.41) is 10.9. The molecule has 16 heavy (non-hydrogen) atoms. The molecule has 0 atom stereocenters. The molecule has 5 heteroatoms. The summed E-state index contributed by atoms with van der Waals surface area (Å²) in [7, 11) is 0. The van der Waals surface area contributed by atoms with Crippen molar-refractivity contribution in [1.29, 1.82) is 0 Å². The van der Waals surface area contributed by atoms with Gasteiger partial charge in [-0.15, -0.1) is 0 Å². The smallest absolute Gasteiger partial charge is 0.328 e. The summed E-state index contributed by atoms with van der Waals surface area (Å²) < 4.78 is 1.04. The minimum atomic E-state index is -1.14.